The van der Waals surface area contributed by atoms with E-state index in [4.69, 9.17) is 16.6 Å². The number of allylic oxidation sites excluding steroid dienone is 1. The van der Waals surface area contributed by atoms with Crippen molar-refractivity contribution in [2.45, 2.75) is 39.2 Å². The van der Waals surface area contributed by atoms with Crippen molar-refractivity contribution < 1.29 is 14.3 Å². The molecule has 0 saturated carbocycles. The van der Waals surface area contributed by atoms with E-state index in [2.05, 4.69) is 4.99 Å². The number of carboxylic acid groups (broad SMARTS) is 1. The lowest BCUT2D eigenvalue weighted by Gasteiger charge is -2.18. The molecule has 0 aliphatic heterocycles. The predicted molar refractivity (Wildman–Crippen MR) is 79.9 cm³/mol. The van der Waals surface area contributed by atoms with Crippen molar-refractivity contribution >= 4 is 36.6 Å². The van der Waals surface area contributed by atoms with Crippen molar-refractivity contribution in [3.63, 3.8) is 0 Å². The minimum absolute atomic E-state index is 0. The van der Waals surface area contributed by atoms with E-state index in [1.54, 1.807) is 13.8 Å². The fourth-order valence-electron chi connectivity index (χ4n) is 1.02. The first kappa shape index (κ1) is 23.3. The number of aliphatic imine (C=N–C) groups is 1. The van der Waals surface area contributed by atoms with E-state index in [0.29, 0.717) is 11.4 Å². The van der Waals surface area contributed by atoms with Crippen LogP contribution in [0.5, 0.6) is 0 Å². The van der Waals surface area contributed by atoms with Crippen molar-refractivity contribution in [3.05, 3.63) is 11.4 Å². The van der Waals surface area contributed by atoms with Gasteiger partial charge in [-0.1, -0.05) is 0 Å². The van der Waals surface area contributed by atoms with Gasteiger partial charge in [-0.05, 0) is 32.8 Å². The fraction of sp³-hybridized carbons (Fsp3) is 0.636. The van der Waals surface area contributed by atoms with Gasteiger partial charge in [0.25, 0.3) is 0 Å². The number of amidine groups is 1. The second kappa shape index (κ2) is 10.00. The van der Waals surface area contributed by atoms with E-state index in [1.165, 1.54) is 6.92 Å². The van der Waals surface area contributed by atoms with Crippen LogP contribution >= 0.6 is 24.8 Å². The highest BCUT2D eigenvalue weighted by Gasteiger charge is 2.27. The van der Waals surface area contributed by atoms with Crippen LogP contribution in [0.4, 0.5) is 4.39 Å². The molecule has 0 aromatic rings. The Morgan fingerprint density at radius 1 is 1.37 bits per heavy atom. The fourth-order valence-corrected chi connectivity index (χ4v) is 1.02. The second-order valence-electron chi connectivity index (χ2n) is 4.37. The van der Waals surface area contributed by atoms with Gasteiger partial charge in [0.1, 0.15) is 11.4 Å². The van der Waals surface area contributed by atoms with E-state index >= 15 is 0 Å². The van der Waals surface area contributed by atoms with Gasteiger partial charge in [-0.2, -0.15) is 0 Å². The van der Waals surface area contributed by atoms with Crippen LogP contribution < -0.4 is 11.5 Å². The number of carbonyl (C=O) groups is 1. The topological polar surface area (TPSA) is 102 Å². The van der Waals surface area contributed by atoms with Crippen LogP contribution in [0.15, 0.2) is 16.4 Å². The number of rotatable bonds is 6. The lowest BCUT2D eigenvalue weighted by atomic mass is 9.96. The van der Waals surface area contributed by atoms with Crippen LogP contribution in [0, 0.1) is 0 Å². The van der Waals surface area contributed by atoms with Gasteiger partial charge in [-0.25, -0.2) is 4.39 Å². The minimum Gasteiger partial charge on any atom is -0.480 e. The third-order valence-corrected chi connectivity index (χ3v) is 2.38. The summed E-state index contributed by atoms with van der Waals surface area (Å²) in [6.45, 7) is 4.76. The molecule has 0 heterocycles. The maximum absolute atomic E-state index is 13.6. The summed E-state index contributed by atoms with van der Waals surface area (Å²) in [5, 5.41) is 8.77. The molecule has 19 heavy (non-hydrogen) atoms. The van der Waals surface area contributed by atoms with Crippen molar-refractivity contribution in [3.8, 4) is 0 Å². The van der Waals surface area contributed by atoms with Gasteiger partial charge in [-0.3, -0.25) is 9.79 Å². The molecule has 0 unspecified atom stereocenters. The van der Waals surface area contributed by atoms with Gasteiger partial charge in [0, 0.05) is 6.42 Å². The third kappa shape index (κ3) is 9.69. The number of hydrogen-bond acceptors (Lipinski definition) is 3. The molecule has 0 fully saturated rings. The molecule has 0 aromatic heterocycles. The van der Waals surface area contributed by atoms with Gasteiger partial charge in [0.15, 0.2) is 0 Å². The second-order valence-corrected chi connectivity index (χ2v) is 4.37. The van der Waals surface area contributed by atoms with Gasteiger partial charge < -0.3 is 16.6 Å². The summed E-state index contributed by atoms with van der Waals surface area (Å²) in [6.07, 6.45) is 0.0289. The Morgan fingerprint density at radius 2 is 1.84 bits per heavy atom. The maximum Gasteiger partial charge on any atom is 0.323 e. The highest BCUT2D eigenvalue weighted by atomic mass is 35.5. The lowest BCUT2D eigenvalue weighted by molar-refractivity contribution is -0.142. The molecule has 114 valence electrons. The Labute approximate surface area is 125 Å². The summed E-state index contributed by atoms with van der Waals surface area (Å²) in [5.41, 5.74) is 9.85. The van der Waals surface area contributed by atoms with E-state index in [1.807, 2.05) is 0 Å². The zero-order chi connectivity index (χ0) is 13.6. The standard InChI is InChI=1S/C11H20FN3O2.2ClH/c1-7(6-15-8(2)13)9(12)4-5-11(3,14)10(16)17;;/h4-6,14H2,1-3H3,(H2,13,15)(H,16,17);2*1H/b9-7+;;/t11-;;/m1../s1. The van der Waals surface area contributed by atoms with Crippen LogP contribution in [-0.4, -0.2) is 29.0 Å². The van der Waals surface area contributed by atoms with Crippen LogP contribution in [-0.2, 0) is 4.79 Å². The Morgan fingerprint density at radius 3 is 2.21 bits per heavy atom. The van der Waals surface area contributed by atoms with Crippen molar-refractivity contribution in [1.29, 1.82) is 0 Å². The van der Waals surface area contributed by atoms with Gasteiger partial charge >= 0.3 is 5.97 Å². The van der Waals surface area contributed by atoms with Gasteiger partial charge in [0.2, 0.25) is 0 Å². The minimum atomic E-state index is -1.41. The average molecular weight is 318 g/mol. The molecule has 0 aromatic carbocycles. The molecule has 0 amide bonds. The third-order valence-electron chi connectivity index (χ3n) is 2.38. The number of halogens is 3. The van der Waals surface area contributed by atoms with Crippen molar-refractivity contribution in [1.82, 2.24) is 0 Å². The number of hydrogen-bond donors (Lipinski definition) is 3. The molecule has 5 nitrogen and oxygen atoms in total. The Kier molecular flexibility index (Phi) is 12.2. The largest absolute Gasteiger partial charge is 0.480 e. The molecular formula is C11H22Cl2FN3O2. The quantitative estimate of drug-likeness (QED) is 0.515. The first-order chi connectivity index (χ1) is 7.66. The van der Waals surface area contributed by atoms with E-state index < -0.39 is 11.5 Å². The van der Waals surface area contributed by atoms with Crippen molar-refractivity contribution in [2.75, 3.05) is 6.54 Å². The monoisotopic (exact) mass is 317 g/mol. The summed E-state index contributed by atoms with van der Waals surface area (Å²) in [5.74, 6) is -1.14. The summed E-state index contributed by atoms with van der Waals surface area (Å²) < 4.78 is 13.6. The molecule has 0 saturated heterocycles. The Bertz CT molecular complexity index is 354. The molecule has 0 bridgehead atoms. The highest BCUT2D eigenvalue weighted by Crippen LogP contribution is 2.18. The first-order valence-electron chi connectivity index (χ1n) is 5.29. The van der Waals surface area contributed by atoms with E-state index in [-0.39, 0.29) is 50.0 Å². The predicted octanol–water partition coefficient (Wildman–Crippen LogP) is 2.03. The summed E-state index contributed by atoms with van der Waals surface area (Å²) in [6, 6.07) is 0. The lowest BCUT2D eigenvalue weighted by Crippen LogP contribution is -2.44. The van der Waals surface area contributed by atoms with E-state index in [0.717, 1.165) is 0 Å². The molecular weight excluding hydrogens is 296 g/mol. The normalized spacial score (nSPS) is 15.5. The molecule has 0 spiro atoms. The Hall–Kier alpha value is -0.850. The highest BCUT2D eigenvalue weighted by molar-refractivity contribution is 5.85. The number of aliphatic carboxylic acids is 1. The summed E-state index contributed by atoms with van der Waals surface area (Å²) in [4.78, 5) is 14.6. The first-order valence-corrected chi connectivity index (χ1v) is 5.29. The molecule has 5 N–H and O–H groups in total. The van der Waals surface area contributed by atoms with E-state index in [9.17, 15) is 9.18 Å². The molecule has 0 radical (unpaired) electrons. The molecule has 1 atom stereocenters. The smallest absolute Gasteiger partial charge is 0.323 e. The van der Waals surface area contributed by atoms with Crippen molar-refractivity contribution in [2.24, 2.45) is 16.5 Å². The molecule has 0 aliphatic rings. The average Bonchev–Trinajstić information content (AvgIpc) is 2.22. The number of nitrogens with zero attached hydrogens (tertiary/aromatic N) is 1. The number of carboxylic acids is 1. The van der Waals surface area contributed by atoms with Gasteiger partial charge in [0.05, 0.1) is 12.4 Å². The summed E-state index contributed by atoms with van der Waals surface area (Å²) >= 11 is 0. The summed E-state index contributed by atoms with van der Waals surface area (Å²) in [7, 11) is 0. The molecule has 0 rings (SSSR count). The zero-order valence-corrected chi connectivity index (χ0v) is 12.9. The van der Waals surface area contributed by atoms with Gasteiger partial charge in [-0.15, -0.1) is 24.8 Å². The van der Waals surface area contributed by atoms with Crippen LogP contribution in [0.25, 0.3) is 0 Å². The number of nitrogens with two attached hydrogens (primary N) is 2. The Balaban J connectivity index is -0.00000128. The maximum atomic E-state index is 13.6. The molecule has 0 aliphatic carbocycles. The molecule has 8 heteroatoms. The van der Waals surface area contributed by atoms with Crippen LogP contribution in [0.1, 0.15) is 33.6 Å². The van der Waals surface area contributed by atoms with Crippen LogP contribution in [0.2, 0.25) is 0 Å². The van der Waals surface area contributed by atoms with Crippen LogP contribution in [0.3, 0.4) is 0 Å². The zero-order valence-electron chi connectivity index (χ0n) is 11.3. The SMILES string of the molecule is CC(N)=NC/C(C)=C(/F)CC[C@@](C)(N)C(=O)O.Cl.Cl.